The minimum Gasteiger partial charge on any atom is -0.390 e. The third-order valence-corrected chi connectivity index (χ3v) is 3.36. The molecule has 3 aromatic rings. The Morgan fingerprint density at radius 3 is 2.84 bits per heavy atom. The summed E-state index contributed by atoms with van der Waals surface area (Å²) in [5, 5.41) is 10.5. The van der Waals surface area contributed by atoms with E-state index in [1.807, 2.05) is 43.5 Å². The van der Waals surface area contributed by atoms with Crippen LogP contribution in [0.3, 0.4) is 0 Å². The van der Waals surface area contributed by atoms with E-state index >= 15 is 0 Å². The lowest BCUT2D eigenvalue weighted by Crippen LogP contribution is -2.04. The van der Waals surface area contributed by atoms with Crippen molar-refractivity contribution < 1.29 is 5.11 Å². The lowest BCUT2D eigenvalue weighted by molar-refractivity contribution is 0.271. The first-order chi connectivity index (χ1) is 9.28. The van der Waals surface area contributed by atoms with Gasteiger partial charge in [-0.1, -0.05) is 18.2 Å². The van der Waals surface area contributed by atoms with Gasteiger partial charge in [0.25, 0.3) is 0 Å². The number of pyridine rings is 1. The number of nitrogens with zero attached hydrogens (tertiary/aromatic N) is 2. The molecule has 0 radical (unpaired) electrons. The zero-order valence-electron chi connectivity index (χ0n) is 10.9. The number of rotatable bonds is 3. The van der Waals surface area contributed by atoms with Crippen LogP contribution in [0.2, 0.25) is 0 Å². The van der Waals surface area contributed by atoms with Gasteiger partial charge in [0.2, 0.25) is 0 Å². The number of fused-ring (bicyclic) bond motifs is 1. The van der Waals surface area contributed by atoms with Crippen LogP contribution in [0.4, 0.5) is 0 Å². The number of hydrogen-bond acceptors (Lipinski definition) is 2. The quantitative estimate of drug-likeness (QED) is 0.778. The predicted molar refractivity (Wildman–Crippen MR) is 75.9 cm³/mol. The molecule has 3 nitrogen and oxygen atoms in total. The van der Waals surface area contributed by atoms with Gasteiger partial charge in [0.05, 0.1) is 12.1 Å². The summed E-state index contributed by atoms with van der Waals surface area (Å²) in [4.78, 5) is 4.55. The van der Waals surface area contributed by atoms with Crippen molar-refractivity contribution in [1.29, 1.82) is 0 Å². The maximum Gasteiger partial charge on any atom is 0.0832 e. The first kappa shape index (κ1) is 11.9. The number of hydrogen-bond donors (Lipinski definition) is 1. The minimum absolute atomic E-state index is 0.0645. The summed E-state index contributed by atoms with van der Waals surface area (Å²) in [6, 6.07) is 14.2. The third-order valence-electron chi connectivity index (χ3n) is 3.36. The average molecular weight is 252 g/mol. The molecule has 1 N–H and O–H groups in total. The van der Waals surface area contributed by atoms with Crippen LogP contribution in [-0.2, 0) is 13.2 Å². The highest BCUT2D eigenvalue weighted by Gasteiger charge is 2.06. The molecular weight excluding hydrogens is 236 g/mol. The number of aryl methyl sites for hydroxylation is 1. The van der Waals surface area contributed by atoms with Crippen molar-refractivity contribution >= 4 is 10.9 Å². The lowest BCUT2D eigenvalue weighted by atomic mass is 10.1. The normalized spacial score (nSPS) is 11.1. The SMILES string of the molecule is Cc1cc(Cn2cccc2CO)c2ccccc2n1. The Hall–Kier alpha value is -2.13. The first-order valence-electron chi connectivity index (χ1n) is 6.38. The molecule has 2 heterocycles. The fraction of sp³-hybridized carbons (Fsp3) is 0.188. The molecule has 0 amide bonds. The van der Waals surface area contributed by atoms with E-state index in [0.29, 0.717) is 0 Å². The molecule has 0 aliphatic rings. The monoisotopic (exact) mass is 252 g/mol. The molecule has 0 aliphatic carbocycles. The molecule has 1 aromatic carbocycles. The second kappa shape index (κ2) is 4.86. The van der Waals surface area contributed by atoms with Crippen molar-refractivity contribution in [1.82, 2.24) is 9.55 Å². The van der Waals surface area contributed by atoms with Crippen LogP contribution in [0, 0.1) is 6.92 Å². The summed E-state index contributed by atoms with van der Waals surface area (Å²) in [6.07, 6.45) is 2.00. The molecule has 0 saturated heterocycles. The van der Waals surface area contributed by atoms with E-state index in [4.69, 9.17) is 0 Å². The van der Waals surface area contributed by atoms with Gasteiger partial charge in [0.1, 0.15) is 0 Å². The molecule has 3 heteroatoms. The van der Waals surface area contributed by atoms with E-state index in [2.05, 4.69) is 21.7 Å². The van der Waals surface area contributed by atoms with Crippen molar-refractivity contribution in [3.8, 4) is 0 Å². The van der Waals surface area contributed by atoms with Gasteiger partial charge in [0, 0.05) is 29.5 Å². The van der Waals surface area contributed by atoms with Gasteiger partial charge in [-0.2, -0.15) is 0 Å². The molecule has 0 aliphatic heterocycles. The van der Waals surface area contributed by atoms with Crippen molar-refractivity contribution in [3.63, 3.8) is 0 Å². The van der Waals surface area contributed by atoms with Crippen LogP contribution in [0.15, 0.2) is 48.7 Å². The first-order valence-corrected chi connectivity index (χ1v) is 6.38. The van der Waals surface area contributed by atoms with Gasteiger partial charge in [-0.3, -0.25) is 4.98 Å². The van der Waals surface area contributed by atoms with Gasteiger partial charge in [-0.25, -0.2) is 0 Å². The maximum absolute atomic E-state index is 9.32. The molecule has 0 unspecified atom stereocenters. The third kappa shape index (κ3) is 2.25. The van der Waals surface area contributed by atoms with Crippen LogP contribution in [0.25, 0.3) is 10.9 Å². The van der Waals surface area contributed by atoms with Gasteiger partial charge in [-0.15, -0.1) is 0 Å². The molecule has 0 spiro atoms. The summed E-state index contributed by atoms with van der Waals surface area (Å²) in [5.41, 5.74) is 4.20. The second-order valence-electron chi connectivity index (χ2n) is 4.73. The van der Waals surface area contributed by atoms with Crippen LogP contribution in [-0.4, -0.2) is 14.7 Å². The smallest absolute Gasteiger partial charge is 0.0832 e. The van der Waals surface area contributed by atoms with E-state index in [9.17, 15) is 5.11 Å². The Labute approximate surface area is 112 Å². The molecule has 2 aromatic heterocycles. The standard InChI is InChI=1S/C16H16N2O/c1-12-9-13(10-18-8-4-5-14(18)11-19)15-6-2-3-7-16(15)17-12/h2-9,19H,10-11H2,1H3. The van der Waals surface area contributed by atoms with Gasteiger partial charge in [0.15, 0.2) is 0 Å². The van der Waals surface area contributed by atoms with Crippen LogP contribution in [0.1, 0.15) is 17.0 Å². The predicted octanol–water partition coefficient (Wildman–Crippen LogP) is 2.89. The average Bonchev–Trinajstić information content (AvgIpc) is 2.86. The van der Waals surface area contributed by atoms with Gasteiger partial charge < -0.3 is 9.67 Å². The van der Waals surface area contributed by atoms with Crippen molar-refractivity contribution in [2.45, 2.75) is 20.1 Å². The van der Waals surface area contributed by atoms with Crippen LogP contribution < -0.4 is 0 Å². The van der Waals surface area contributed by atoms with Crippen molar-refractivity contribution in [2.75, 3.05) is 0 Å². The number of aromatic nitrogens is 2. The highest BCUT2D eigenvalue weighted by molar-refractivity contribution is 5.82. The summed E-state index contributed by atoms with van der Waals surface area (Å²) in [5.74, 6) is 0. The van der Waals surface area contributed by atoms with Crippen molar-refractivity contribution in [3.05, 3.63) is 65.6 Å². The van der Waals surface area contributed by atoms with Crippen LogP contribution >= 0.6 is 0 Å². The fourth-order valence-electron chi connectivity index (χ4n) is 2.46. The topological polar surface area (TPSA) is 38.0 Å². The Kier molecular flexibility index (Phi) is 3.05. The molecule has 96 valence electrons. The Morgan fingerprint density at radius 2 is 2.00 bits per heavy atom. The summed E-state index contributed by atoms with van der Waals surface area (Å²) in [7, 11) is 0. The highest BCUT2D eigenvalue weighted by Crippen LogP contribution is 2.20. The number of para-hydroxylation sites is 1. The largest absolute Gasteiger partial charge is 0.390 e. The molecule has 3 rings (SSSR count). The summed E-state index contributed by atoms with van der Waals surface area (Å²) in [6.45, 7) is 2.83. The van der Waals surface area contributed by atoms with E-state index in [1.54, 1.807) is 0 Å². The molecule has 0 fully saturated rings. The number of aliphatic hydroxyl groups is 1. The van der Waals surface area contributed by atoms with E-state index in [0.717, 1.165) is 23.4 Å². The molecule has 0 bridgehead atoms. The zero-order chi connectivity index (χ0) is 13.2. The van der Waals surface area contributed by atoms with Gasteiger partial charge in [-0.05, 0) is 36.8 Å². The summed E-state index contributed by atoms with van der Waals surface area (Å²) >= 11 is 0. The Bertz CT molecular complexity index is 716. The van der Waals surface area contributed by atoms with E-state index < -0.39 is 0 Å². The van der Waals surface area contributed by atoms with Crippen LogP contribution in [0.5, 0.6) is 0 Å². The highest BCUT2D eigenvalue weighted by atomic mass is 16.3. The Morgan fingerprint density at radius 1 is 1.16 bits per heavy atom. The van der Waals surface area contributed by atoms with Gasteiger partial charge >= 0.3 is 0 Å². The number of benzene rings is 1. The van der Waals surface area contributed by atoms with Crippen molar-refractivity contribution in [2.24, 2.45) is 0 Å². The molecular formula is C16H16N2O. The molecule has 19 heavy (non-hydrogen) atoms. The molecule has 0 saturated carbocycles. The van der Waals surface area contributed by atoms with E-state index in [1.165, 1.54) is 10.9 Å². The lowest BCUT2D eigenvalue weighted by Gasteiger charge is -2.11. The number of aliphatic hydroxyl groups excluding tert-OH is 1. The Balaban J connectivity index is 2.10. The summed E-state index contributed by atoms with van der Waals surface area (Å²) < 4.78 is 2.07. The zero-order valence-corrected chi connectivity index (χ0v) is 10.9. The molecule has 0 atom stereocenters. The van der Waals surface area contributed by atoms with E-state index in [-0.39, 0.29) is 6.61 Å². The minimum atomic E-state index is 0.0645. The fourth-order valence-corrected chi connectivity index (χ4v) is 2.46. The maximum atomic E-state index is 9.32. The second-order valence-corrected chi connectivity index (χ2v) is 4.73.